The number of amides is 10. The average Bonchev–Trinajstić information content (AvgIpc) is 1.59. The van der Waals surface area contributed by atoms with Crippen molar-refractivity contribution in [2.45, 2.75) is 351 Å². The van der Waals surface area contributed by atoms with Crippen LogP contribution in [0.5, 0.6) is 0 Å². The van der Waals surface area contributed by atoms with Gasteiger partial charge in [0.25, 0.3) is 0 Å². The number of anilines is 1. The molecule has 5 N–H and O–H groups in total. The van der Waals surface area contributed by atoms with Crippen molar-refractivity contribution < 1.29 is 71.6 Å². The molecule has 4 atom stereocenters. The van der Waals surface area contributed by atoms with Crippen LogP contribution in [0, 0.1) is 5.92 Å². The van der Waals surface area contributed by atoms with Crippen molar-refractivity contribution in [1.29, 1.82) is 0 Å². The topological polar surface area (TPSA) is 296 Å². The molecule has 0 saturated carbocycles. The first-order valence-electron chi connectivity index (χ1n) is 55.3. The summed E-state index contributed by atoms with van der Waals surface area (Å²) in [5.41, 5.74) is 28.0. The van der Waals surface area contributed by atoms with Crippen LogP contribution in [-0.2, 0) is 79.8 Å². The number of unbranched alkanes of at least 4 members (excludes halogenated alkanes) is 5. The van der Waals surface area contributed by atoms with Gasteiger partial charge in [0, 0.05) is 124 Å². The van der Waals surface area contributed by atoms with Crippen LogP contribution in [0.25, 0.3) is 27.9 Å². The number of benzene rings is 6. The summed E-state index contributed by atoms with van der Waals surface area (Å²) >= 11 is 0. The van der Waals surface area contributed by atoms with E-state index in [1.54, 1.807) is 0 Å². The van der Waals surface area contributed by atoms with Crippen molar-refractivity contribution >= 4 is 93.6 Å². The third-order valence-electron chi connectivity index (χ3n) is 28.9. The Labute approximate surface area is 893 Å². The third kappa shape index (κ3) is 33.0. The fourth-order valence-electron chi connectivity index (χ4n) is 22.3. The molecular weight excluding hydrogens is 1880 g/mol. The second-order valence-corrected chi connectivity index (χ2v) is 46.8. The molecule has 5 heterocycles. The van der Waals surface area contributed by atoms with Crippen LogP contribution in [0.1, 0.15) is 334 Å². The number of nitrogens with one attached hydrogen (secondary N) is 5. The van der Waals surface area contributed by atoms with E-state index < -0.39 is 58.5 Å². The lowest BCUT2D eigenvalue weighted by molar-refractivity contribution is -0.134. The van der Waals surface area contributed by atoms with Gasteiger partial charge in [0.2, 0.25) is 29.5 Å². The standard InChI is InChI=1S/C30H39N3O3.C25H36N2O3.C24H34N2O3.C23H32N2O3.C22H30N2O3/c1-30(2,3)36-29(35)31-18-9-8-12-27(34)33-19-17-25-24-11-7-6-10-22(24)20-26(25)28(33)21-13-15-23(16-14-21)32(4)5;1-17(2)23-21-16-18-10-6-7-11-19(18)20(21)13-15-27(23)22(28)12-8-9-14-26-24(29)30-25(3,4)5;1-5-21-20-16-17-10-6-7-11-18(17)19(20)13-15-26(21)22(27)12-8-9-14-25-23(28)29-24(2,3)4;1-16-20-15-17-9-5-6-10-18(17)19(20)12-14-25(16)21(26)11-7-8-13-24-22(27)28-23(2,3)4;1-22(2,3)27-21(26)23-12-7-6-10-20(25)24-13-11-19-17(15-24)14-16-8-4-5-9-18(16)19/h6-7,10-11,13-16,28H,8-9,12,17-20H2,1-5H3,(H,31,35);6-7,10-11,17,23H,8-9,12-16H2,1-5H3,(H,26,29);6-7,10-11,21H,5,8-9,12-16H2,1-4H3,(H,25,28);5-6,9-10,16H,7-8,11-15H2,1-4H3,(H,24,27);4-5,8-9H,6-7,10-15H2,1-3H3,(H,23,26). The van der Waals surface area contributed by atoms with Gasteiger partial charge in [0.05, 0.1) is 24.2 Å². The molecule has 0 bridgehead atoms. The number of ether oxygens (including phenoxy) is 5. The molecule has 16 rings (SSSR count). The summed E-state index contributed by atoms with van der Waals surface area (Å²) in [5, 5.41) is 13.8. The lowest BCUT2D eigenvalue weighted by Crippen LogP contribution is -2.47. The Bertz CT molecular complexity index is 5900. The molecule has 0 spiro atoms. The number of carbonyl (C=O) groups excluding carboxylic acids is 10. The predicted octanol–water partition coefficient (Wildman–Crippen LogP) is 23.6. The number of alkyl carbamates (subject to hydrolysis) is 5. The van der Waals surface area contributed by atoms with Crippen molar-refractivity contribution in [2.75, 3.05) is 91.0 Å². The van der Waals surface area contributed by atoms with E-state index in [1.807, 2.05) is 128 Å². The van der Waals surface area contributed by atoms with Gasteiger partial charge in [0.1, 0.15) is 28.0 Å². The normalized spacial score (nSPS) is 17.6. The number of rotatable bonds is 29. The summed E-state index contributed by atoms with van der Waals surface area (Å²) in [6.07, 6.45) is 18.7. The van der Waals surface area contributed by atoms with E-state index in [9.17, 15) is 47.9 Å². The van der Waals surface area contributed by atoms with Crippen molar-refractivity contribution in [3.8, 4) is 0 Å². The second-order valence-electron chi connectivity index (χ2n) is 46.8. The Morgan fingerprint density at radius 2 is 0.627 bits per heavy atom. The Morgan fingerprint density at radius 1 is 0.333 bits per heavy atom. The summed E-state index contributed by atoms with van der Waals surface area (Å²) in [6, 6.07) is 52.3. The van der Waals surface area contributed by atoms with E-state index in [2.05, 4.69) is 219 Å². The summed E-state index contributed by atoms with van der Waals surface area (Å²) in [5.74, 6) is 1.46. The lowest BCUT2D eigenvalue weighted by atomic mass is 9.86. The van der Waals surface area contributed by atoms with E-state index in [4.69, 9.17) is 23.7 Å². The molecule has 0 radical (unpaired) electrons. The van der Waals surface area contributed by atoms with E-state index in [0.717, 1.165) is 180 Å². The molecule has 812 valence electrons. The number of hydrogen-bond donors (Lipinski definition) is 5. The van der Waals surface area contributed by atoms with Gasteiger partial charge in [-0.1, -0.05) is 154 Å². The minimum atomic E-state index is -0.512. The van der Waals surface area contributed by atoms with Crippen LogP contribution in [0.2, 0.25) is 0 Å². The fourth-order valence-corrected chi connectivity index (χ4v) is 22.3. The Hall–Kier alpha value is -12.5. The molecule has 150 heavy (non-hydrogen) atoms. The SMILES string of the molecule is CC(C)(C)OC(=O)NCCCCC(=O)N1CCC2=C(Cc3ccccc32)C1.CC(C)C1C2=C(CCN1C(=O)CCCCNC(=O)OC(C)(C)C)c1ccccc1C2.CC1C2=C(CCN1C(=O)CCCCNC(=O)OC(C)(C)C)c1ccccc1C2.CCC1C2=C(CCN1C(=O)CCCCNC(=O)OC(C)(C)C)c1ccccc1C2.CN(C)c1ccc(C2C3=C(CCN2C(=O)CCCCNC(=O)OC(C)(C)C)c2ccccc2C3)cc1. The van der Waals surface area contributed by atoms with Crippen LogP contribution in [0.15, 0.2) is 173 Å². The smallest absolute Gasteiger partial charge is 0.407 e. The molecule has 26 nitrogen and oxygen atoms in total. The first kappa shape index (κ1) is 116. The zero-order valence-electron chi connectivity index (χ0n) is 93.7. The van der Waals surface area contributed by atoms with Gasteiger partial charge >= 0.3 is 30.5 Å². The summed E-state index contributed by atoms with van der Waals surface area (Å²) in [7, 11) is 4.08. The maximum absolute atomic E-state index is 13.5. The van der Waals surface area contributed by atoms with E-state index in [-0.39, 0.29) is 53.7 Å². The fraction of sp³-hybridized carbons (Fsp3) is 0.548. The van der Waals surface area contributed by atoms with Gasteiger partial charge in [-0.3, -0.25) is 24.0 Å². The van der Waals surface area contributed by atoms with E-state index in [1.165, 1.54) is 117 Å². The molecule has 26 heteroatoms. The van der Waals surface area contributed by atoms with Gasteiger partial charge in [-0.05, 0) is 381 Å². The molecule has 0 fully saturated rings. The van der Waals surface area contributed by atoms with Gasteiger partial charge in [-0.2, -0.15) is 0 Å². The summed E-state index contributed by atoms with van der Waals surface area (Å²) in [6.45, 7) is 43.7. The Morgan fingerprint density at radius 3 is 1.01 bits per heavy atom. The van der Waals surface area contributed by atoms with E-state index >= 15 is 0 Å². The highest BCUT2D eigenvalue weighted by Gasteiger charge is 2.43. The van der Waals surface area contributed by atoms with Crippen molar-refractivity contribution in [1.82, 2.24) is 51.1 Å². The molecular formula is C124H171N11O15. The number of nitrogens with zero attached hydrogens (tertiary/aromatic N) is 6. The third-order valence-corrected chi connectivity index (χ3v) is 28.9. The zero-order chi connectivity index (χ0) is 109. The van der Waals surface area contributed by atoms with Crippen LogP contribution < -0.4 is 31.5 Å². The summed E-state index contributed by atoms with van der Waals surface area (Å²) < 4.78 is 26.2. The molecule has 6 aromatic carbocycles. The molecule has 0 aromatic heterocycles. The second kappa shape index (κ2) is 53.0. The zero-order valence-corrected chi connectivity index (χ0v) is 93.7. The Balaban J connectivity index is 0.000000167. The highest BCUT2D eigenvalue weighted by molar-refractivity contribution is 5.88. The molecule has 0 saturated heterocycles. The predicted molar refractivity (Wildman–Crippen MR) is 598 cm³/mol. The van der Waals surface area contributed by atoms with Crippen molar-refractivity contribution in [3.63, 3.8) is 0 Å². The van der Waals surface area contributed by atoms with Crippen molar-refractivity contribution in [3.05, 3.63) is 235 Å². The van der Waals surface area contributed by atoms with Crippen LogP contribution in [0.4, 0.5) is 29.7 Å². The highest BCUT2D eigenvalue weighted by Crippen LogP contribution is 2.50. The summed E-state index contributed by atoms with van der Waals surface area (Å²) in [4.78, 5) is 136. The average molecular weight is 2060 g/mol. The quantitative estimate of drug-likeness (QED) is 0.0215. The minimum absolute atomic E-state index is 0.0373. The monoisotopic (exact) mass is 2050 g/mol. The highest BCUT2D eigenvalue weighted by atomic mass is 16.6. The van der Waals surface area contributed by atoms with Gasteiger partial charge in [0.15, 0.2) is 0 Å². The first-order chi connectivity index (χ1) is 71.2. The van der Waals surface area contributed by atoms with Crippen molar-refractivity contribution in [2.24, 2.45) is 5.92 Å². The van der Waals surface area contributed by atoms with Crippen LogP contribution in [-0.4, -0.2) is 217 Å². The maximum atomic E-state index is 13.5. The largest absolute Gasteiger partial charge is 0.444 e. The van der Waals surface area contributed by atoms with Gasteiger partial charge in [-0.15, -0.1) is 0 Å². The molecule has 6 aromatic rings. The molecule has 5 aliphatic heterocycles. The maximum Gasteiger partial charge on any atom is 0.407 e. The molecule has 10 amide bonds. The molecule has 5 aliphatic carbocycles. The lowest BCUT2D eigenvalue weighted by Gasteiger charge is -2.40. The first-order valence-corrected chi connectivity index (χ1v) is 55.3. The van der Waals surface area contributed by atoms with Gasteiger partial charge < -0.3 is 79.7 Å². The number of carbonyl (C=O) groups is 10. The molecule has 10 aliphatic rings. The van der Waals surface area contributed by atoms with Gasteiger partial charge in [-0.25, -0.2) is 24.0 Å². The van der Waals surface area contributed by atoms with Crippen LogP contribution in [0.3, 0.4) is 0 Å². The van der Waals surface area contributed by atoms with E-state index in [0.29, 0.717) is 70.7 Å². The van der Waals surface area contributed by atoms with Crippen LogP contribution >= 0.6 is 0 Å². The Kier molecular flexibility index (Phi) is 41.0. The number of fused-ring (bicyclic) bond motifs is 10. The minimum Gasteiger partial charge on any atom is -0.444 e. The number of hydrogen-bond acceptors (Lipinski definition) is 16. The molecule has 4 unspecified atom stereocenters.